The quantitative estimate of drug-likeness (QED) is 0.711. The van der Waals surface area contributed by atoms with Crippen molar-refractivity contribution < 1.29 is 0 Å². The van der Waals surface area contributed by atoms with Crippen LogP contribution in [-0.4, -0.2) is 0 Å². The Morgan fingerprint density at radius 2 is 1.71 bits per heavy atom. The first-order valence-corrected chi connectivity index (χ1v) is 7.84. The molecule has 0 bridgehead atoms. The van der Waals surface area contributed by atoms with Gasteiger partial charge in [-0.15, -0.1) is 0 Å². The molecule has 1 aliphatic heterocycles. The summed E-state index contributed by atoms with van der Waals surface area (Å²) in [5, 5.41) is 3.85. The first kappa shape index (κ1) is 12.7. The maximum atomic E-state index is 3.85. The zero-order chi connectivity index (χ0) is 14.4. The molecule has 0 saturated heterocycles. The molecule has 2 aromatic carbocycles. The molecule has 0 fully saturated rings. The lowest BCUT2D eigenvalue weighted by atomic mass is 9.75. The topological polar surface area (TPSA) is 12.0 Å². The van der Waals surface area contributed by atoms with Crippen LogP contribution in [0, 0.1) is 19.8 Å². The van der Waals surface area contributed by atoms with Gasteiger partial charge in [0, 0.05) is 11.6 Å². The summed E-state index contributed by atoms with van der Waals surface area (Å²) in [7, 11) is 0. The predicted octanol–water partition coefficient (Wildman–Crippen LogP) is 5.13. The van der Waals surface area contributed by atoms with Gasteiger partial charge in [-0.25, -0.2) is 0 Å². The summed E-state index contributed by atoms with van der Waals surface area (Å²) in [6.45, 7) is 4.46. The average Bonchev–Trinajstić information content (AvgIpc) is 3.00. The summed E-state index contributed by atoms with van der Waals surface area (Å²) in [6.07, 6.45) is 5.96. The molecule has 1 N–H and O–H groups in total. The van der Waals surface area contributed by atoms with Gasteiger partial charge < -0.3 is 5.32 Å². The van der Waals surface area contributed by atoms with E-state index in [2.05, 4.69) is 73.8 Å². The number of fused-ring (bicyclic) bond motifs is 3. The average molecular weight is 275 g/mol. The highest BCUT2D eigenvalue weighted by Gasteiger charge is 2.38. The Morgan fingerprint density at radius 1 is 0.952 bits per heavy atom. The first-order valence-electron chi connectivity index (χ1n) is 7.84. The van der Waals surface area contributed by atoms with Crippen LogP contribution in [0.15, 0.2) is 54.6 Å². The van der Waals surface area contributed by atoms with E-state index >= 15 is 0 Å². The lowest BCUT2D eigenvalue weighted by molar-refractivity contribution is 0.424. The Balaban J connectivity index is 1.86. The Morgan fingerprint density at radius 3 is 2.52 bits per heavy atom. The third-order valence-electron chi connectivity index (χ3n) is 5.10. The van der Waals surface area contributed by atoms with Gasteiger partial charge in [0.2, 0.25) is 0 Å². The first-order chi connectivity index (χ1) is 10.3. The molecule has 2 aliphatic rings. The lowest BCUT2D eigenvalue weighted by Gasteiger charge is -2.39. The standard InChI is InChI=1S/C20H21N/c1-13-11-12-14(2)19-18(13)16-9-6-10-17(16)20(21-19)15-7-4-3-5-8-15/h3-9,11-12,16-17,20-21H,10H2,1-2H3/t16-,17+,20-/m1/s1. The molecule has 0 amide bonds. The predicted molar refractivity (Wildman–Crippen MR) is 88.7 cm³/mol. The molecule has 0 saturated carbocycles. The van der Waals surface area contributed by atoms with Crippen molar-refractivity contribution in [3.05, 3.63) is 76.9 Å². The van der Waals surface area contributed by atoms with Crippen molar-refractivity contribution in [2.45, 2.75) is 32.2 Å². The fraction of sp³-hybridized carbons (Fsp3) is 0.300. The highest BCUT2D eigenvalue weighted by molar-refractivity contribution is 5.66. The van der Waals surface area contributed by atoms with Gasteiger partial charge in [-0.1, -0.05) is 54.6 Å². The molecule has 3 atom stereocenters. The second-order valence-electron chi connectivity index (χ2n) is 6.37. The minimum atomic E-state index is 0.416. The van der Waals surface area contributed by atoms with Crippen LogP contribution in [-0.2, 0) is 0 Å². The van der Waals surface area contributed by atoms with E-state index in [0.717, 1.165) is 0 Å². The van der Waals surface area contributed by atoms with E-state index in [-0.39, 0.29) is 0 Å². The van der Waals surface area contributed by atoms with Gasteiger partial charge in [0.1, 0.15) is 0 Å². The van der Waals surface area contributed by atoms with Crippen LogP contribution in [0.3, 0.4) is 0 Å². The minimum Gasteiger partial charge on any atom is -0.377 e. The lowest BCUT2D eigenvalue weighted by Crippen LogP contribution is -2.30. The zero-order valence-electron chi connectivity index (χ0n) is 12.6. The van der Waals surface area contributed by atoms with E-state index in [4.69, 9.17) is 0 Å². The second-order valence-corrected chi connectivity index (χ2v) is 6.37. The maximum Gasteiger partial charge on any atom is 0.0554 e. The molecule has 106 valence electrons. The summed E-state index contributed by atoms with van der Waals surface area (Å²) in [5.74, 6) is 1.20. The van der Waals surface area contributed by atoms with Crippen LogP contribution in [0.4, 0.5) is 5.69 Å². The van der Waals surface area contributed by atoms with E-state index in [1.165, 1.54) is 34.4 Å². The molecule has 0 unspecified atom stereocenters. The van der Waals surface area contributed by atoms with Crippen molar-refractivity contribution >= 4 is 5.69 Å². The Kier molecular flexibility index (Phi) is 2.88. The zero-order valence-corrected chi connectivity index (χ0v) is 12.6. The molecule has 0 spiro atoms. The Hall–Kier alpha value is -2.02. The minimum absolute atomic E-state index is 0.416. The van der Waals surface area contributed by atoms with Crippen LogP contribution < -0.4 is 5.32 Å². The number of aryl methyl sites for hydroxylation is 2. The molecule has 4 rings (SSSR count). The van der Waals surface area contributed by atoms with Crippen molar-refractivity contribution in [3.8, 4) is 0 Å². The van der Waals surface area contributed by atoms with Crippen molar-refractivity contribution in [2.24, 2.45) is 5.92 Å². The number of rotatable bonds is 1. The fourth-order valence-corrected chi connectivity index (χ4v) is 4.03. The third-order valence-corrected chi connectivity index (χ3v) is 5.10. The van der Waals surface area contributed by atoms with Gasteiger partial charge in [-0.2, -0.15) is 0 Å². The number of nitrogens with one attached hydrogen (secondary N) is 1. The molecule has 2 aromatic rings. The third kappa shape index (κ3) is 1.91. The van der Waals surface area contributed by atoms with Crippen LogP contribution in [0.1, 0.15) is 40.6 Å². The van der Waals surface area contributed by atoms with Crippen molar-refractivity contribution in [2.75, 3.05) is 5.32 Å². The van der Waals surface area contributed by atoms with Crippen molar-refractivity contribution in [3.63, 3.8) is 0 Å². The van der Waals surface area contributed by atoms with Crippen LogP contribution in [0.2, 0.25) is 0 Å². The van der Waals surface area contributed by atoms with Crippen LogP contribution in [0.5, 0.6) is 0 Å². The number of hydrogen-bond donors (Lipinski definition) is 1. The number of allylic oxidation sites excluding steroid dienone is 2. The maximum absolute atomic E-state index is 3.85. The Labute approximate surface area is 126 Å². The van der Waals surface area contributed by atoms with E-state index in [1.54, 1.807) is 0 Å². The summed E-state index contributed by atoms with van der Waals surface area (Å²) in [6, 6.07) is 15.8. The van der Waals surface area contributed by atoms with E-state index < -0.39 is 0 Å². The molecule has 21 heavy (non-hydrogen) atoms. The molecular weight excluding hydrogens is 254 g/mol. The fourth-order valence-electron chi connectivity index (χ4n) is 4.03. The smallest absolute Gasteiger partial charge is 0.0554 e. The van der Waals surface area contributed by atoms with Gasteiger partial charge in [0.15, 0.2) is 0 Å². The molecule has 1 heterocycles. The van der Waals surface area contributed by atoms with E-state index in [0.29, 0.717) is 17.9 Å². The molecule has 0 radical (unpaired) electrons. The SMILES string of the molecule is Cc1ccc(C)c2c1N[C@H](c1ccccc1)[C@H]1CC=C[C@@H]21. The monoisotopic (exact) mass is 275 g/mol. The largest absolute Gasteiger partial charge is 0.377 e. The van der Waals surface area contributed by atoms with Gasteiger partial charge in [0.25, 0.3) is 0 Å². The number of hydrogen-bond acceptors (Lipinski definition) is 1. The normalized spacial score (nSPS) is 26.1. The van der Waals surface area contributed by atoms with Crippen LogP contribution >= 0.6 is 0 Å². The molecule has 1 nitrogen and oxygen atoms in total. The number of anilines is 1. The Bertz CT molecular complexity index is 699. The summed E-state index contributed by atoms with van der Waals surface area (Å²) in [4.78, 5) is 0. The summed E-state index contributed by atoms with van der Waals surface area (Å²) >= 11 is 0. The second kappa shape index (κ2) is 4.77. The van der Waals surface area contributed by atoms with E-state index in [9.17, 15) is 0 Å². The summed E-state index contributed by atoms with van der Waals surface area (Å²) < 4.78 is 0. The van der Waals surface area contributed by atoms with E-state index in [1.807, 2.05) is 0 Å². The summed E-state index contributed by atoms with van der Waals surface area (Å²) in [5.41, 5.74) is 7.05. The molecule has 1 aliphatic carbocycles. The highest BCUT2D eigenvalue weighted by atomic mass is 15.0. The number of benzene rings is 2. The van der Waals surface area contributed by atoms with Gasteiger partial charge >= 0.3 is 0 Å². The van der Waals surface area contributed by atoms with Crippen molar-refractivity contribution in [1.82, 2.24) is 0 Å². The van der Waals surface area contributed by atoms with Gasteiger partial charge in [-0.05, 0) is 48.4 Å². The molecule has 1 heteroatoms. The molecule has 0 aromatic heterocycles. The van der Waals surface area contributed by atoms with Crippen molar-refractivity contribution in [1.29, 1.82) is 0 Å². The van der Waals surface area contributed by atoms with Gasteiger partial charge in [0.05, 0.1) is 6.04 Å². The van der Waals surface area contributed by atoms with Gasteiger partial charge in [-0.3, -0.25) is 0 Å². The van der Waals surface area contributed by atoms with Crippen LogP contribution in [0.25, 0.3) is 0 Å². The highest BCUT2D eigenvalue weighted by Crippen LogP contribution is 2.51. The molecular formula is C20H21N.